The summed E-state index contributed by atoms with van der Waals surface area (Å²) >= 11 is 0. The maximum atomic E-state index is 13.0. The fraction of sp³-hybridized carbons (Fsp3) is 0.429. The number of benzene rings is 1. The highest BCUT2D eigenvalue weighted by molar-refractivity contribution is 5.73. The van der Waals surface area contributed by atoms with Crippen LogP contribution in [0.4, 0.5) is 9.18 Å². The molecule has 116 valence electrons. The third-order valence-electron chi connectivity index (χ3n) is 2.71. The second-order valence-electron chi connectivity index (χ2n) is 4.62. The van der Waals surface area contributed by atoms with Crippen molar-refractivity contribution in [1.82, 2.24) is 10.6 Å². The summed E-state index contributed by atoms with van der Waals surface area (Å²) in [5, 5.41) is 23.1. The molecule has 7 heteroatoms. The maximum absolute atomic E-state index is 13.0. The van der Waals surface area contributed by atoms with E-state index in [4.69, 9.17) is 5.11 Å². The molecular weight excluding hydrogens is 279 g/mol. The van der Waals surface area contributed by atoms with Crippen molar-refractivity contribution in [3.8, 4) is 0 Å². The van der Waals surface area contributed by atoms with Crippen molar-refractivity contribution in [2.75, 3.05) is 13.1 Å². The molecule has 0 heterocycles. The van der Waals surface area contributed by atoms with E-state index in [1.165, 1.54) is 12.1 Å². The number of aliphatic hydroxyl groups excluding tert-OH is 1. The molecule has 1 rings (SSSR count). The molecule has 0 radical (unpaired) electrons. The van der Waals surface area contributed by atoms with Crippen LogP contribution in [0.1, 0.15) is 18.4 Å². The molecule has 0 aromatic heterocycles. The third kappa shape index (κ3) is 7.88. The Labute approximate surface area is 122 Å². The first-order chi connectivity index (χ1) is 9.97. The molecule has 0 spiro atoms. The summed E-state index contributed by atoms with van der Waals surface area (Å²) in [5.74, 6) is -1.29. The smallest absolute Gasteiger partial charge is 0.314 e. The quantitative estimate of drug-likeness (QED) is 0.536. The molecule has 0 saturated carbocycles. The molecule has 0 aliphatic carbocycles. The van der Waals surface area contributed by atoms with E-state index in [1.54, 1.807) is 12.1 Å². The topological polar surface area (TPSA) is 98.7 Å². The van der Waals surface area contributed by atoms with Crippen LogP contribution in [0.5, 0.6) is 0 Å². The first kappa shape index (κ1) is 16.9. The summed E-state index contributed by atoms with van der Waals surface area (Å²) in [6, 6.07) is 5.42. The summed E-state index contributed by atoms with van der Waals surface area (Å²) in [5.41, 5.74) is 0.645. The van der Waals surface area contributed by atoms with E-state index >= 15 is 0 Å². The van der Waals surface area contributed by atoms with Gasteiger partial charge in [0.05, 0.1) is 6.10 Å². The summed E-state index contributed by atoms with van der Waals surface area (Å²) < 4.78 is 13.0. The van der Waals surface area contributed by atoms with Crippen LogP contribution in [0.2, 0.25) is 0 Å². The van der Waals surface area contributed by atoms with Crippen LogP contribution in [-0.2, 0) is 11.2 Å². The third-order valence-corrected chi connectivity index (χ3v) is 2.71. The summed E-state index contributed by atoms with van der Waals surface area (Å²) in [4.78, 5) is 21.6. The number of carboxylic acid groups (broad SMARTS) is 1. The van der Waals surface area contributed by atoms with Gasteiger partial charge in [0, 0.05) is 25.9 Å². The minimum absolute atomic E-state index is 0.0114. The van der Waals surface area contributed by atoms with Crippen LogP contribution in [0.15, 0.2) is 24.3 Å². The molecule has 0 aliphatic rings. The molecule has 6 nitrogen and oxygen atoms in total. The van der Waals surface area contributed by atoms with Gasteiger partial charge in [-0.15, -0.1) is 0 Å². The number of halogens is 1. The van der Waals surface area contributed by atoms with Crippen LogP contribution >= 0.6 is 0 Å². The number of aliphatic carboxylic acids is 1. The molecule has 1 unspecified atom stereocenters. The molecule has 4 N–H and O–H groups in total. The number of carbonyl (C=O) groups excluding carboxylic acids is 1. The second-order valence-corrected chi connectivity index (χ2v) is 4.62. The lowest BCUT2D eigenvalue weighted by Crippen LogP contribution is -2.40. The SMILES string of the molecule is O=C(O)CCCNC(=O)NCC(O)Cc1cccc(F)c1. The van der Waals surface area contributed by atoms with Crippen LogP contribution < -0.4 is 10.6 Å². The van der Waals surface area contributed by atoms with E-state index in [1.807, 2.05) is 0 Å². The van der Waals surface area contributed by atoms with E-state index in [0.29, 0.717) is 12.0 Å². The molecule has 1 aromatic carbocycles. The molecule has 0 fully saturated rings. The normalized spacial score (nSPS) is 11.7. The lowest BCUT2D eigenvalue weighted by molar-refractivity contribution is -0.137. The zero-order chi connectivity index (χ0) is 15.7. The van der Waals surface area contributed by atoms with Crippen LogP contribution in [0.25, 0.3) is 0 Å². The lowest BCUT2D eigenvalue weighted by atomic mass is 10.1. The van der Waals surface area contributed by atoms with E-state index in [2.05, 4.69) is 10.6 Å². The van der Waals surface area contributed by atoms with Gasteiger partial charge >= 0.3 is 12.0 Å². The van der Waals surface area contributed by atoms with E-state index in [-0.39, 0.29) is 31.7 Å². The average Bonchev–Trinajstić information content (AvgIpc) is 2.41. The van der Waals surface area contributed by atoms with Gasteiger partial charge in [-0.3, -0.25) is 4.79 Å². The van der Waals surface area contributed by atoms with Crippen molar-refractivity contribution >= 4 is 12.0 Å². The molecule has 0 saturated heterocycles. The van der Waals surface area contributed by atoms with Gasteiger partial charge in [0.25, 0.3) is 0 Å². The second kappa shape index (κ2) is 8.91. The van der Waals surface area contributed by atoms with Gasteiger partial charge in [0.2, 0.25) is 0 Å². The number of amides is 2. The van der Waals surface area contributed by atoms with Gasteiger partial charge < -0.3 is 20.8 Å². The monoisotopic (exact) mass is 298 g/mol. The standard InChI is InChI=1S/C14H19FN2O4/c15-11-4-1-3-10(7-11)8-12(18)9-17-14(21)16-6-2-5-13(19)20/h1,3-4,7,12,18H,2,5-6,8-9H2,(H,19,20)(H2,16,17,21). The van der Waals surface area contributed by atoms with E-state index in [9.17, 15) is 19.1 Å². The number of rotatable bonds is 8. The minimum atomic E-state index is -0.914. The Morgan fingerprint density at radius 3 is 2.71 bits per heavy atom. The van der Waals surface area contributed by atoms with Crippen molar-refractivity contribution in [3.63, 3.8) is 0 Å². The van der Waals surface area contributed by atoms with Crippen molar-refractivity contribution in [3.05, 3.63) is 35.6 Å². The predicted octanol–water partition coefficient (Wildman–Crippen LogP) is 0.893. The van der Waals surface area contributed by atoms with Crippen molar-refractivity contribution in [2.24, 2.45) is 0 Å². The Morgan fingerprint density at radius 2 is 2.05 bits per heavy atom. The summed E-state index contributed by atoms with van der Waals surface area (Å²) in [7, 11) is 0. The van der Waals surface area contributed by atoms with E-state index in [0.717, 1.165) is 0 Å². The van der Waals surface area contributed by atoms with Gasteiger partial charge in [-0.25, -0.2) is 9.18 Å². The molecule has 1 aromatic rings. The first-order valence-electron chi connectivity index (χ1n) is 6.63. The number of aliphatic hydroxyl groups is 1. The Bertz CT molecular complexity index is 482. The first-order valence-corrected chi connectivity index (χ1v) is 6.63. The van der Waals surface area contributed by atoms with Crippen LogP contribution in [0.3, 0.4) is 0 Å². The van der Waals surface area contributed by atoms with Crippen molar-refractivity contribution in [1.29, 1.82) is 0 Å². The highest BCUT2D eigenvalue weighted by atomic mass is 19.1. The summed E-state index contributed by atoms with van der Waals surface area (Å²) in [6.07, 6.45) is -0.259. The van der Waals surface area contributed by atoms with Crippen LogP contribution in [-0.4, -0.2) is 41.4 Å². The number of hydrogen-bond acceptors (Lipinski definition) is 3. The van der Waals surface area contributed by atoms with Gasteiger partial charge in [-0.2, -0.15) is 0 Å². The molecule has 1 atom stereocenters. The Morgan fingerprint density at radius 1 is 1.29 bits per heavy atom. The molecule has 0 aliphatic heterocycles. The molecular formula is C14H19FN2O4. The van der Waals surface area contributed by atoms with Gasteiger partial charge in [0.15, 0.2) is 0 Å². The van der Waals surface area contributed by atoms with Gasteiger partial charge in [0.1, 0.15) is 5.82 Å². The fourth-order valence-corrected chi connectivity index (χ4v) is 1.72. The van der Waals surface area contributed by atoms with Crippen LogP contribution in [0, 0.1) is 5.82 Å². The Hall–Kier alpha value is -2.15. The molecule has 21 heavy (non-hydrogen) atoms. The predicted molar refractivity (Wildman–Crippen MR) is 74.4 cm³/mol. The minimum Gasteiger partial charge on any atom is -0.481 e. The molecule has 0 bridgehead atoms. The van der Waals surface area contributed by atoms with Gasteiger partial charge in [-0.1, -0.05) is 12.1 Å². The van der Waals surface area contributed by atoms with Crippen molar-refractivity contribution in [2.45, 2.75) is 25.4 Å². The zero-order valence-corrected chi connectivity index (χ0v) is 11.5. The zero-order valence-electron chi connectivity index (χ0n) is 11.5. The number of carbonyl (C=O) groups is 2. The lowest BCUT2D eigenvalue weighted by Gasteiger charge is -2.12. The highest BCUT2D eigenvalue weighted by Crippen LogP contribution is 2.06. The largest absolute Gasteiger partial charge is 0.481 e. The summed E-state index contributed by atoms with van der Waals surface area (Å²) in [6.45, 7) is 0.277. The maximum Gasteiger partial charge on any atom is 0.314 e. The Kier molecular flexibility index (Phi) is 7.17. The van der Waals surface area contributed by atoms with Gasteiger partial charge in [-0.05, 0) is 24.1 Å². The molecule has 2 amide bonds. The fourth-order valence-electron chi connectivity index (χ4n) is 1.72. The highest BCUT2D eigenvalue weighted by Gasteiger charge is 2.08. The average molecular weight is 298 g/mol. The number of urea groups is 1. The van der Waals surface area contributed by atoms with E-state index < -0.39 is 18.1 Å². The number of nitrogens with one attached hydrogen (secondary N) is 2. The number of carboxylic acids is 1. The Balaban J connectivity index is 2.18. The van der Waals surface area contributed by atoms with Crippen molar-refractivity contribution < 1.29 is 24.2 Å². The number of hydrogen-bond donors (Lipinski definition) is 4.